The molecule has 2 saturated heterocycles. The van der Waals surface area contributed by atoms with Crippen LogP contribution in [0, 0.1) is 0 Å². The van der Waals surface area contributed by atoms with Gasteiger partial charge in [-0.25, -0.2) is 13.2 Å². The summed E-state index contributed by atoms with van der Waals surface area (Å²) >= 11 is 12.1. The van der Waals surface area contributed by atoms with Crippen molar-refractivity contribution in [1.82, 2.24) is 19.4 Å². The van der Waals surface area contributed by atoms with Crippen molar-refractivity contribution in [2.24, 2.45) is 0 Å². The Morgan fingerprint density at radius 1 is 1.08 bits per heavy atom. The van der Waals surface area contributed by atoms with E-state index >= 15 is 0 Å². The third kappa shape index (κ3) is 5.65. The topological polar surface area (TPSA) is 137 Å². The number of piperazine rings is 1. The van der Waals surface area contributed by atoms with E-state index in [-0.39, 0.29) is 40.6 Å². The van der Waals surface area contributed by atoms with Gasteiger partial charge < -0.3 is 25.0 Å². The van der Waals surface area contributed by atoms with Gasteiger partial charge in [-0.05, 0) is 49.7 Å². The van der Waals surface area contributed by atoms with E-state index in [2.05, 4.69) is 5.32 Å². The minimum atomic E-state index is -4.42. The van der Waals surface area contributed by atoms with Crippen LogP contribution in [0.2, 0.25) is 10.0 Å². The number of halogens is 2. The first-order valence-corrected chi connectivity index (χ1v) is 14.3. The highest BCUT2D eigenvalue weighted by molar-refractivity contribution is 7.89. The van der Waals surface area contributed by atoms with Gasteiger partial charge in [0.1, 0.15) is 28.9 Å². The zero-order valence-corrected chi connectivity index (χ0v) is 23.7. The van der Waals surface area contributed by atoms with Gasteiger partial charge in [0.15, 0.2) is 0 Å². The number of amides is 3. The van der Waals surface area contributed by atoms with Gasteiger partial charge in [0.25, 0.3) is 0 Å². The number of ether oxygens (including phenoxy) is 1. The van der Waals surface area contributed by atoms with Crippen LogP contribution < -0.4 is 10.1 Å². The highest BCUT2D eigenvalue weighted by atomic mass is 35.5. The largest absolute Gasteiger partial charge is 0.495 e. The van der Waals surface area contributed by atoms with Crippen LogP contribution in [0.4, 0.5) is 4.79 Å². The maximum Gasteiger partial charge on any atom is 0.405 e. The average molecular weight is 599 g/mol. The third-order valence-corrected chi connectivity index (χ3v) is 9.18. The van der Waals surface area contributed by atoms with Crippen molar-refractivity contribution in [1.29, 1.82) is 0 Å². The molecule has 2 fully saturated rings. The van der Waals surface area contributed by atoms with Gasteiger partial charge >= 0.3 is 6.09 Å². The lowest BCUT2D eigenvalue weighted by Gasteiger charge is -2.54. The molecular formula is C25H28Cl2N4O7S. The zero-order valence-electron chi connectivity index (χ0n) is 21.4. The second-order valence-corrected chi connectivity index (χ2v) is 12.3. The van der Waals surface area contributed by atoms with Crippen molar-refractivity contribution < 1.29 is 32.6 Å². The SMILES string of the molecule is COc1ccc(Cl)cc1S(=O)(=O)N1CC(NC(=O)O)C(=O)N2C(Cc3ccc(Cl)cc3)C(=O)N(C(C)C)CC21. The molecule has 2 heterocycles. The second kappa shape index (κ2) is 11.2. The summed E-state index contributed by atoms with van der Waals surface area (Å²) in [6.45, 7) is 3.00. The van der Waals surface area contributed by atoms with Crippen molar-refractivity contribution >= 4 is 51.1 Å². The molecule has 2 aromatic carbocycles. The molecule has 2 N–H and O–H groups in total. The number of hydrogen-bond donors (Lipinski definition) is 2. The summed E-state index contributed by atoms with van der Waals surface area (Å²) in [5.74, 6) is -1.04. The number of nitrogens with one attached hydrogen (secondary N) is 1. The molecule has 11 nitrogen and oxygen atoms in total. The van der Waals surface area contributed by atoms with Gasteiger partial charge in [0, 0.05) is 29.1 Å². The van der Waals surface area contributed by atoms with Gasteiger partial charge in [0.05, 0.1) is 13.7 Å². The van der Waals surface area contributed by atoms with Crippen LogP contribution in [0.25, 0.3) is 0 Å². The van der Waals surface area contributed by atoms with Gasteiger partial charge in [0.2, 0.25) is 21.8 Å². The quantitative estimate of drug-likeness (QED) is 0.500. The third-order valence-electron chi connectivity index (χ3n) is 6.81. The van der Waals surface area contributed by atoms with E-state index in [0.717, 1.165) is 4.31 Å². The Balaban J connectivity index is 1.86. The molecule has 14 heteroatoms. The van der Waals surface area contributed by atoms with Crippen LogP contribution in [-0.2, 0) is 26.0 Å². The average Bonchev–Trinajstić information content (AvgIpc) is 2.87. The summed E-state index contributed by atoms with van der Waals surface area (Å²) in [5, 5.41) is 12.2. The van der Waals surface area contributed by atoms with E-state index in [1.165, 1.54) is 35.1 Å². The summed E-state index contributed by atoms with van der Waals surface area (Å²) < 4.78 is 34.6. The van der Waals surface area contributed by atoms with Crippen LogP contribution in [0.5, 0.6) is 5.75 Å². The fraction of sp³-hybridized carbons (Fsp3) is 0.400. The minimum Gasteiger partial charge on any atom is -0.495 e. The molecule has 2 aliphatic heterocycles. The molecule has 2 aliphatic rings. The number of hydrogen-bond acceptors (Lipinski definition) is 6. The van der Waals surface area contributed by atoms with Gasteiger partial charge in [-0.2, -0.15) is 4.31 Å². The van der Waals surface area contributed by atoms with Crippen LogP contribution in [0.15, 0.2) is 47.4 Å². The summed E-state index contributed by atoms with van der Waals surface area (Å²) in [6.07, 6.45) is -2.56. The predicted octanol–water partition coefficient (Wildman–Crippen LogP) is 2.66. The van der Waals surface area contributed by atoms with Gasteiger partial charge in [-0.15, -0.1) is 0 Å². The Kier molecular flexibility index (Phi) is 8.31. The molecule has 0 aromatic heterocycles. The van der Waals surface area contributed by atoms with Crippen LogP contribution in [0.3, 0.4) is 0 Å². The molecule has 3 amide bonds. The molecule has 2 aromatic rings. The molecule has 0 spiro atoms. The van der Waals surface area contributed by atoms with Crippen molar-refractivity contribution in [3.8, 4) is 5.75 Å². The predicted molar refractivity (Wildman–Crippen MR) is 143 cm³/mol. The fourth-order valence-corrected chi connectivity index (χ4v) is 7.08. The molecule has 0 saturated carbocycles. The molecule has 0 radical (unpaired) electrons. The molecule has 39 heavy (non-hydrogen) atoms. The standard InChI is InChI=1S/C25H28Cl2N4O7S/c1-14(2)29-13-22-30(39(36,37)21-11-17(27)8-9-20(21)38-3)12-18(28-25(34)35)23(32)31(22)19(24(29)33)10-15-4-6-16(26)7-5-15/h4-9,11,14,18-19,22,28H,10,12-13H2,1-3H3,(H,34,35). The van der Waals surface area contributed by atoms with E-state index in [0.29, 0.717) is 10.6 Å². The maximum atomic E-state index is 14.1. The highest BCUT2D eigenvalue weighted by Gasteiger charge is 2.54. The van der Waals surface area contributed by atoms with Gasteiger partial charge in [-0.1, -0.05) is 35.3 Å². The van der Waals surface area contributed by atoms with Crippen LogP contribution >= 0.6 is 23.2 Å². The Hall–Kier alpha value is -3.06. The van der Waals surface area contributed by atoms with Crippen LogP contribution in [-0.4, -0.2) is 90.0 Å². The van der Waals surface area contributed by atoms with E-state index < -0.39 is 46.8 Å². The van der Waals surface area contributed by atoms with E-state index in [1.54, 1.807) is 38.1 Å². The Morgan fingerprint density at radius 3 is 2.31 bits per heavy atom. The Bertz CT molecular complexity index is 1390. The molecule has 210 valence electrons. The summed E-state index contributed by atoms with van der Waals surface area (Å²) in [7, 11) is -3.11. The van der Waals surface area contributed by atoms with Gasteiger partial charge in [-0.3, -0.25) is 9.59 Å². The zero-order chi connectivity index (χ0) is 28.6. The summed E-state index contributed by atoms with van der Waals surface area (Å²) in [5.41, 5.74) is 0.689. The van der Waals surface area contributed by atoms with Crippen LogP contribution in [0.1, 0.15) is 19.4 Å². The van der Waals surface area contributed by atoms with E-state index in [4.69, 9.17) is 27.9 Å². The molecule has 0 aliphatic carbocycles. The number of rotatable bonds is 7. The Labute approximate surface area is 236 Å². The summed E-state index contributed by atoms with van der Waals surface area (Å²) in [4.78, 5) is 41.4. The smallest absolute Gasteiger partial charge is 0.405 e. The first-order valence-electron chi connectivity index (χ1n) is 12.1. The molecular weight excluding hydrogens is 571 g/mol. The van der Waals surface area contributed by atoms with E-state index in [9.17, 15) is 27.9 Å². The highest BCUT2D eigenvalue weighted by Crippen LogP contribution is 2.36. The lowest BCUT2D eigenvalue weighted by molar-refractivity contribution is -0.168. The molecule has 4 rings (SSSR count). The van der Waals surface area contributed by atoms with Crippen molar-refractivity contribution in [2.45, 2.75) is 49.5 Å². The number of fused-ring (bicyclic) bond motifs is 1. The molecule has 3 unspecified atom stereocenters. The lowest BCUT2D eigenvalue weighted by Crippen LogP contribution is -2.76. The monoisotopic (exact) mass is 598 g/mol. The number of carbonyl (C=O) groups is 3. The Morgan fingerprint density at radius 2 is 1.72 bits per heavy atom. The normalized spacial score (nSPS) is 22.2. The first kappa shape index (κ1) is 28.9. The fourth-order valence-electron chi connectivity index (χ4n) is 4.95. The van der Waals surface area contributed by atoms with E-state index in [1.807, 2.05) is 0 Å². The first-order chi connectivity index (χ1) is 18.3. The molecule has 0 bridgehead atoms. The number of carbonyl (C=O) groups excluding carboxylic acids is 2. The number of nitrogens with zero attached hydrogens (tertiary/aromatic N) is 3. The molecule has 3 atom stereocenters. The summed E-state index contributed by atoms with van der Waals surface area (Å²) in [6, 6.07) is 7.98. The van der Waals surface area contributed by atoms with Crippen molar-refractivity contribution in [2.75, 3.05) is 20.2 Å². The number of methoxy groups -OCH3 is 1. The van der Waals surface area contributed by atoms with Crippen molar-refractivity contribution in [3.05, 3.63) is 58.1 Å². The lowest BCUT2D eigenvalue weighted by atomic mass is 9.96. The number of sulfonamides is 1. The maximum absolute atomic E-state index is 14.1. The minimum absolute atomic E-state index is 0.0240. The number of benzene rings is 2. The van der Waals surface area contributed by atoms with Crippen molar-refractivity contribution in [3.63, 3.8) is 0 Å². The number of carboxylic acid groups (broad SMARTS) is 1. The second-order valence-electron chi connectivity index (χ2n) is 9.53.